The second-order valence-electron chi connectivity index (χ2n) is 7.56. The first-order valence-electron chi connectivity index (χ1n) is 10.8. The van der Waals surface area contributed by atoms with Crippen LogP contribution in [0.5, 0.6) is 0 Å². The normalized spacial score (nSPS) is 17.9. The molecule has 3 rings (SSSR count). The summed E-state index contributed by atoms with van der Waals surface area (Å²) in [4.78, 5) is 12.8. The monoisotopic (exact) mass is 430 g/mol. The van der Waals surface area contributed by atoms with Crippen molar-refractivity contribution in [2.45, 2.75) is 31.3 Å². The standard InChI is InChI=1S/C25H30N6O/c1-28-25(32)22(23(27)30-19-13-6-3-7-14-19)24(31-21-16-8-15-20(21)26)29-17-9-12-18-10-4-2-5-11-18/h2-7,10-11,13-14,20-21,29,31H,8,15-17,26H2,1H3,(H2,27,30)(H,28,32)/b24-22-/t20-,21+/m1/s1. The van der Waals surface area contributed by atoms with Crippen molar-refractivity contribution in [1.82, 2.24) is 16.0 Å². The van der Waals surface area contributed by atoms with Gasteiger partial charge in [-0.05, 0) is 43.5 Å². The molecule has 0 radical (unpaired) electrons. The highest BCUT2D eigenvalue weighted by atomic mass is 16.1. The summed E-state index contributed by atoms with van der Waals surface area (Å²) < 4.78 is 0. The summed E-state index contributed by atoms with van der Waals surface area (Å²) in [5, 5.41) is 20.9. The molecule has 32 heavy (non-hydrogen) atoms. The Morgan fingerprint density at radius 2 is 1.78 bits per heavy atom. The van der Waals surface area contributed by atoms with Crippen LogP contribution in [0.1, 0.15) is 24.8 Å². The van der Waals surface area contributed by atoms with E-state index in [9.17, 15) is 4.79 Å². The molecule has 1 amide bonds. The topological polar surface area (TPSA) is 115 Å². The summed E-state index contributed by atoms with van der Waals surface area (Å²) in [5.74, 6) is 6.22. The third-order valence-electron chi connectivity index (χ3n) is 5.26. The molecule has 0 aromatic heterocycles. The van der Waals surface area contributed by atoms with E-state index >= 15 is 0 Å². The Kier molecular flexibility index (Phi) is 8.29. The Bertz CT molecular complexity index is 1010. The number of rotatable bonds is 7. The molecule has 2 aromatic rings. The quantitative estimate of drug-likeness (QED) is 0.174. The van der Waals surface area contributed by atoms with Gasteiger partial charge in [0.1, 0.15) is 17.2 Å². The number of anilines is 1. The number of nitrogens with two attached hydrogens (primary N) is 1. The molecule has 7 heteroatoms. The van der Waals surface area contributed by atoms with Gasteiger partial charge in [0.05, 0.1) is 6.54 Å². The van der Waals surface area contributed by atoms with Crippen LogP contribution in [0.15, 0.2) is 72.1 Å². The Morgan fingerprint density at radius 1 is 1.09 bits per heavy atom. The van der Waals surface area contributed by atoms with Crippen molar-refractivity contribution < 1.29 is 4.79 Å². The molecular formula is C25H30N6O. The predicted octanol–water partition coefficient (Wildman–Crippen LogP) is 2.14. The fraction of sp³-hybridized carbons (Fsp3) is 0.280. The highest BCUT2D eigenvalue weighted by Crippen LogP contribution is 2.19. The number of benzene rings is 2. The van der Waals surface area contributed by atoms with Crippen molar-refractivity contribution >= 4 is 17.4 Å². The van der Waals surface area contributed by atoms with Crippen LogP contribution >= 0.6 is 0 Å². The molecule has 2 atom stereocenters. The van der Waals surface area contributed by atoms with E-state index in [1.54, 1.807) is 7.05 Å². The van der Waals surface area contributed by atoms with E-state index in [0.29, 0.717) is 12.4 Å². The van der Waals surface area contributed by atoms with Gasteiger partial charge in [-0.25, -0.2) is 0 Å². The number of amides is 1. The van der Waals surface area contributed by atoms with Crippen LogP contribution in [0, 0.1) is 17.3 Å². The molecule has 0 saturated heterocycles. The third-order valence-corrected chi connectivity index (χ3v) is 5.26. The molecule has 7 N–H and O–H groups in total. The van der Waals surface area contributed by atoms with Gasteiger partial charge >= 0.3 is 0 Å². The van der Waals surface area contributed by atoms with E-state index in [4.69, 9.17) is 11.1 Å². The fourth-order valence-electron chi connectivity index (χ4n) is 3.57. The van der Waals surface area contributed by atoms with E-state index in [0.717, 1.165) is 30.5 Å². The van der Waals surface area contributed by atoms with E-state index in [1.165, 1.54) is 0 Å². The molecule has 7 nitrogen and oxygen atoms in total. The van der Waals surface area contributed by atoms with Crippen molar-refractivity contribution in [2.24, 2.45) is 5.73 Å². The van der Waals surface area contributed by atoms with Crippen LogP contribution in [-0.2, 0) is 4.79 Å². The molecule has 1 aliphatic carbocycles. The Labute approximate surface area is 189 Å². The smallest absolute Gasteiger partial charge is 0.258 e. The lowest BCUT2D eigenvalue weighted by molar-refractivity contribution is -0.116. The molecule has 0 unspecified atom stereocenters. The first-order chi connectivity index (χ1) is 15.6. The van der Waals surface area contributed by atoms with Crippen molar-refractivity contribution in [3.63, 3.8) is 0 Å². The first-order valence-corrected chi connectivity index (χ1v) is 10.8. The molecule has 0 spiro atoms. The number of likely N-dealkylation sites (N-methyl/N-ethyl adjacent to an activating group) is 1. The Balaban J connectivity index is 1.86. The number of amidine groups is 1. The summed E-state index contributed by atoms with van der Waals surface area (Å²) in [7, 11) is 1.55. The number of hydrogen-bond donors (Lipinski definition) is 6. The minimum absolute atomic E-state index is 0.00981. The molecule has 0 bridgehead atoms. The van der Waals surface area contributed by atoms with E-state index in [-0.39, 0.29) is 29.4 Å². The molecule has 0 heterocycles. The van der Waals surface area contributed by atoms with Gasteiger partial charge in [0, 0.05) is 30.4 Å². The largest absolute Gasteiger partial charge is 0.367 e. The lowest BCUT2D eigenvalue weighted by Gasteiger charge is -2.24. The molecule has 166 valence electrons. The lowest BCUT2D eigenvalue weighted by Crippen LogP contribution is -2.46. The average Bonchev–Trinajstić information content (AvgIpc) is 3.22. The maximum Gasteiger partial charge on any atom is 0.258 e. The van der Waals surface area contributed by atoms with Crippen molar-refractivity contribution in [1.29, 1.82) is 5.41 Å². The third kappa shape index (κ3) is 6.37. The minimum atomic E-state index is -0.379. The maximum atomic E-state index is 12.8. The highest BCUT2D eigenvalue weighted by Gasteiger charge is 2.27. The number of carbonyl (C=O) groups excluding carboxylic acids is 1. The zero-order chi connectivity index (χ0) is 22.8. The summed E-state index contributed by atoms with van der Waals surface area (Å²) in [6, 6.07) is 19.0. The van der Waals surface area contributed by atoms with Crippen molar-refractivity contribution in [3.8, 4) is 11.8 Å². The second kappa shape index (κ2) is 11.6. The van der Waals surface area contributed by atoms with Crippen molar-refractivity contribution in [3.05, 3.63) is 77.6 Å². The zero-order valence-electron chi connectivity index (χ0n) is 18.2. The second-order valence-corrected chi connectivity index (χ2v) is 7.56. The summed E-state index contributed by atoms with van der Waals surface area (Å²) in [6.45, 7) is 0.304. The van der Waals surface area contributed by atoms with Crippen LogP contribution in [-0.4, -0.2) is 37.4 Å². The maximum absolute atomic E-state index is 12.8. The predicted molar refractivity (Wildman–Crippen MR) is 129 cm³/mol. The summed E-state index contributed by atoms with van der Waals surface area (Å²) >= 11 is 0. The van der Waals surface area contributed by atoms with Crippen LogP contribution in [0.3, 0.4) is 0 Å². The van der Waals surface area contributed by atoms with Crippen LogP contribution in [0.4, 0.5) is 5.69 Å². The van der Waals surface area contributed by atoms with Gasteiger partial charge in [-0.15, -0.1) is 0 Å². The number of para-hydroxylation sites is 1. The molecule has 2 aromatic carbocycles. The Hall–Kier alpha value is -3.76. The average molecular weight is 431 g/mol. The van der Waals surface area contributed by atoms with Gasteiger partial charge < -0.3 is 27.0 Å². The molecule has 1 aliphatic rings. The number of nitrogens with one attached hydrogen (secondary N) is 5. The van der Waals surface area contributed by atoms with Crippen molar-refractivity contribution in [2.75, 3.05) is 18.9 Å². The van der Waals surface area contributed by atoms with Gasteiger partial charge in [-0.1, -0.05) is 48.2 Å². The first kappa shape index (κ1) is 22.9. The molecule has 1 fully saturated rings. The van der Waals surface area contributed by atoms with Gasteiger partial charge in [0.25, 0.3) is 5.91 Å². The molecular weight excluding hydrogens is 400 g/mol. The van der Waals surface area contributed by atoms with Gasteiger partial charge in [-0.2, -0.15) is 0 Å². The number of hydrogen-bond acceptors (Lipinski definition) is 5. The van der Waals surface area contributed by atoms with Gasteiger partial charge in [0.15, 0.2) is 0 Å². The summed E-state index contributed by atoms with van der Waals surface area (Å²) in [6.07, 6.45) is 2.85. The molecule has 0 aliphatic heterocycles. The van der Waals surface area contributed by atoms with Crippen LogP contribution in [0.2, 0.25) is 0 Å². The van der Waals surface area contributed by atoms with Crippen LogP contribution < -0.4 is 27.0 Å². The van der Waals surface area contributed by atoms with E-state index < -0.39 is 0 Å². The molecule has 1 saturated carbocycles. The fourth-order valence-corrected chi connectivity index (χ4v) is 3.57. The van der Waals surface area contributed by atoms with E-state index in [2.05, 4.69) is 33.1 Å². The van der Waals surface area contributed by atoms with Gasteiger partial charge in [0.2, 0.25) is 0 Å². The Morgan fingerprint density at radius 3 is 2.41 bits per heavy atom. The SMILES string of the molecule is CNC(=O)/C(C(=N)Nc1ccccc1)=C(/NCC#Cc1ccccc1)N[C@H]1CCC[C@H]1N. The van der Waals surface area contributed by atoms with Crippen LogP contribution in [0.25, 0.3) is 0 Å². The van der Waals surface area contributed by atoms with Gasteiger partial charge in [-0.3, -0.25) is 10.2 Å². The minimum Gasteiger partial charge on any atom is -0.367 e. The van der Waals surface area contributed by atoms with E-state index in [1.807, 2.05) is 60.7 Å². The number of carbonyl (C=O) groups is 1. The zero-order valence-corrected chi connectivity index (χ0v) is 18.2. The summed E-state index contributed by atoms with van der Waals surface area (Å²) in [5.41, 5.74) is 8.07. The highest BCUT2D eigenvalue weighted by molar-refractivity contribution is 6.24. The lowest BCUT2D eigenvalue weighted by atomic mass is 10.1.